The van der Waals surface area contributed by atoms with Crippen LogP contribution in [0.2, 0.25) is 0 Å². The van der Waals surface area contributed by atoms with E-state index in [0.717, 1.165) is 50.7 Å². The van der Waals surface area contributed by atoms with Crippen LogP contribution < -0.4 is 5.32 Å². The van der Waals surface area contributed by atoms with Crippen molar-refractivity contribution in [2.45, 2.75) is 122 Å². The van der Waals surface area contributed by atoms with E-state index in [-0.39, 0.29) is 47.1 Å². The van der Waals surface area contributed by atoms with Crippen molar-refractivity contribution < 1.29 is 34.2 Å². The number of Topliss-reactive ketones (excluding diaryl/α,β-unsaturated/α-hetero) is 1. The lowest BCUT2D eigenvalue weighted by Gasteiger charge is -2.59. The second-order valence-corrected chi connectivity index (χ2v) is 14.9. The third-order valence-corrected chi connectivity index (χ3v) is 12.1. The summed E-state index contributed by atoms with van der Waals surface area (Å²) in [5.74, 6) is 0.0492. The van der Waals surface area contributed by atoms with E-state index in [1.807, 2.05) is 13.8 Å². The Balaban J connectivity index is 1.20. The number of rotatable bonds is 8. The molecular formula is C33H50N2O7. The van der Waals surface area contributed by atoms with Crippen molar-refractivity contribution in [3.63, 3.8) is 0 Å². The van der Waals surface area contributed by atoms with Crippen molar-refractivity contribution in [3.05, 3.63) is 11.6 Å². The van der Waals surface area contributed by atoms with Crippen LogP contribution in [0.1, 0.15) is 105 Å². The molecule has 5 aliphatic rings. The topological polar surface area (TPSA) is 135 Å². The van der Waals surface area contributed by atoms with Crippen LogP contribution in [0.5, 0.6) is 0 Å². The van der Waals surface area contributed by atoms with Crippen molar-refractivity contribution in [2.75, 3.05) is 13.2 Å². The number of amides is 1. The lowest BCUT2D eigenvalue weighted by molar-refractivity contribution is -0.159. The first-order chi connectivity index (χ1) is 19.7. The molecule has 1 aliphatic heterocycles. The number of ether oxygens (including phenoxy) is 1. The molecule has 5 rings (SSSR count). The minimum atomic E-state index is -1.19. The van der Waals surface area contributed by atoms with Crippen LogP contribution in [0, 0.1) is 34.5 Å². The predicted molar refractivity (Wildman–Crippen MR) is 158 cm³/mol. The van der Waals surface area contributed by atoms with E-state index in [9.17, 15) is 24.6 Å². The molecule has 0 aromatic carbocycles. The summed E-state index contributed by atoms with van der Waals surface area (Å²) in [5.41, 5.74) is 0.437. The number of allylic oxidation sites excluding steroid dienone is 2. The summed E-state index contributed by atoms with van der Waals surface area (Å²) in [6, 6.07) is -0.481. The van der Waals surface area contributed by atoms with Gasteiger partial charge in [-0.15, -0.1) is 0 Å². The molecule has 1 saturated heterocycles. The highest BCUT2D eigenvalue weighted by molar-refractivity contribution is 5.96. The molecule has 9 nitrogen and oxygen atoms in total. The molecule has 4 fully saturated rings. The number of carbonyl (C=O) groups is 3. The van der Waals surface area contributed by atoms with Crippen LogP contribution in [0.25, 0.3) is 0 Å². The summed E-state index contributed by atoms with van der Waals surface area (Å²) in [6.07, 6.45) is 10.6. The molecular weight excluding hydrogens is 536 g/mol. The van der Waals surface area contributed by atoms with Gasteiger partial charge in [0.1, 0.15) is 5.60 Å². The van der Waals surface area contributed by atoms with Gasteiger partial charge in [-0.25, -0.2) is 0 Å². The molecule has 8 atom stereocenters. The van der Waals surface area contributed by atoms with E-state index in [0.29, 0.717) is 43.6 Å². The Labute approximate surface area is 249 Å². The third-order valence-electron chi connectivity index (χ3n) is 12.1. The number of carboxylic acids is 1. The highest BCUT2D eigenvalue weighted by Crippen LogP contribution is 2.67. The standard InChI is InChI=1S/C33H50N2O7/c1-20(36)33(40)14-10-26-24-7-6-22-16-23(8-12-31(22,4)25(24)9-13-32(26,33)5)35-42-19-28(37)34-27(17-29(38)39)21-11-15-41-30(2,3)18-21/h16,21,24-27,40H,6-15,17-19H2,1-5H3,(H,34,37)(H,38,39)/t21-,24+,25-,26-,27+,31-,32-,33-/m0/s1. The Hall–Kier alpha value is -2.26. The molecule has 1 amide bonds. The van der Waals surface area contributed by atoms with E-state index in [2.05, 4.69) is 30.4 Å². The normalized spacial score (nSPS) is 40.6. The fraction of sp³-hybridized carbons (Fsp3) is 0.818. The second kappa shape index (κ2) is 11.3. The molecule has 9 heteroatoms. The van der Waals surface area contributed by atoms with Gasteiger partial charge in [-0.3, -0.25) is 14.4 Å². The summed E-state index contributed by atoms with van der Waals surface area (Å²) in [6.45, 7) is 10.4. The van der Waals surface area contributed by atoms with Crippen LogP contribution in [-0.2, 0) is 24.0 Å². The molecule has 0 spiro atoms. The Morgan fingerprint density at radius 1 is 1.07 bits per heavy atom. The van der Waals surface area contributed by atoms with Crippen LogP contribution in [0.4, 0.5) is 0 Å². The van der Waals surface area contributed by atoms with Gasteiger partial charge in [-0.05, 0) is 120 Å². The van der Waals surface area contributed by atoms with E-state index >= 15 is 0 Å². The zero-order valence-corrected chi connectivity index (χ0v) is 26.0. The fourth-order valence-corrected chi connectivity index (χ4v) is 9.81. The summed E-state index contributed by atoms with van der Waals surface area (Å²) >= 11 is 0. The van der Waals surface area contributed by atoms with Gasteiger partial charge in [0.15, 0.2) is 12.4 Å². The summed E-state index contributed by atoms with van der Waals surface area (Å²) in [5, 5.41) is 28.0. The van der Waals surface area contributed by atoms with Gasteiger partial charge in [-0.2, -0.15) is 0 Å². The van der Waals surface area contributed by atoms with Gasteiger partial charge >= 0.3 is 5.97 Å². The Bertz CT molecular complexity index is 1160. The summed E-state index contributed by atoms with van der Waals surface area (Å²) < 4.78 is 5.77. The number of nitrogens with one attached hydrogen (secondary N) is 1. The number of aliphatic hydroxyl groups is 1. The monoisotopic (exact) mass is 586 g/mol. The van der Waals surface area contributed by atoms with Crippen LogP contribution in [0.15, 0.2) is 16.8 Å². The molecule has 234 valence electrons. The Morgan fingerprint density at radius 2 is 1.81 bits per heavy atom. The third kappa shape index (κ3) is 5.56. The molecule has 0 radical (unpaired) electrons. The fourth-order valence-electron chi connectivity index (χ4n) is 9.81. The molecule has 1 heterocycles. The molecule has 0 aromatic heterocycles. The smallest absolute Gasteiger partial charge is 0.305 e. The van der Waals surface area contributed by atoms with E-state index in [1.54, 1.807) is 6.92 Å². The highest BCUT2D eigenvalue weighted by Gasteiger charge is 2.65. The van der Waals surface area contributed by atoms with Crippen molar-refractivity contribution >= 4 is 23.4 Å². The van der Waals surface area contributed by atoms with Crippen LogP contribution >= 0.6 is 0 Å². The van der Waals surface area contributed by atoms with Crippen LogP contribution in [-0.4, -0.2) is 64.0 Å². The molecule has 3 N–H and O–H groups in total. The number of hydrogen-bond acceptors (Lipinski definition) is 7. The number of carboxylic acid groups (broad SMARTS) is 1. The molecule has 4 aliphatic carbocycles. The first-order valence-corrected chi connectivity index (χ1v) is 16.0. The first kappa shape index (κ1) is 31.2. The quantitative estimate of drug-likeness (QED) is 0.348. The number of nitrogens with zero attached hydrogens (tertiary/aromatic N) is 1. The maximum Gasteiger partial charge on any atom is 0.305 e. The predicted octanol–water partition coefficient (Wildman–Crippen LogP) is 4.81. The number of oxime groups is 1. The average molecular weight is 587 g/mol. The van der Waals surface area contributed by atoms with Gasteiger partial charge in [-0.1, -0.05) is 24.6 Å². The van der Waals surface area contributed by atoms with Crippen molar-refractivity contribution in [1.82, 2.24) is 5.32 Å². The second-order valence-electron chi connectivity index (χ2n) is 14.9. The summed E-state index contributed by atoms with van der Waals surface area (Å²) in [4.78, 5) is 42.2. The SMILES string of the molecule is CC(=O)[C@@]1(O)CC[C@H]2[C@@H]3CCC4=CC(=NOCC(=O)N[C@H](CC(=O)O)[C@H]5CCOC(C)(C)C5)CC[C@]4(C)[C@H]3CC[C@@]21C. The lowest BCUT2D eigenvalue weighted by Crippen LogP contribution is -2.57. The maximum atomic E-state index is 12.7. The average Bonchev–Trinajstić information content (AvgIpc) is 3.19. The molecule has 0 bridgehead atoms. The van der Waals surface area contributed by atoms with Gasteiger partial charge in [0.25, 0.3) is 5.91 Å². The zero-order valence-electron chi connectivity index (χ0n) is 26.0. The van der Waals surface area contributed by atoms with E-state index in [4.69, 9.17) is 9.57 Å². The number of carbonyl (C=O) groups excluding carboxylic acids is 2. The lowest BCUT2D eigenvalue weighted by atomic mass is 9.46. The van der Waals surface area contributed by atoms with E-state index in [1.165, 1.54) is 5.57 Å². The van der Waals surface area contributed by atoms with Crippen molar-refractivity contribution in [3.8, 4) is 0 Å². The minimum Gasteiger partial charge on any atom is -0.481 e. The Morgan fingerprint density at radius 3 is 2.50 bits per heavy atom. The number of fused-ring (bicyclic) bond motifs is 5. The number of ketones is 1. The minimum absolute atomic E-state index is 0.0224. The van der Waals surface area contributed by atoms with E-state index < -0.39 is 17.6 Å². The molecule has 42 heavy (non-hydrogen) atoms. The van der Waals surface area contributed by atoms with Crippen LogP contribution in [0.3, 0.4) is 0 Å². The Kier molecular flexibility index (Phi) is 8.42. The van der Waals surface area contributed by atoms with Gasteiger partial charge < -0.3 is 25.1 Å². The van der Waals surface area contributed by atoms with Gasteiger partial charge in [0.2, 0.25) is 0 Å². The van der Waals surface area contributed by atoms with Crippen molar-refractivity contribution in [1.29, 1.82) is 0 Å². The largest absolute Gasteiger partial charge is 0.481 e. The highest BCUT2D eigenvalue weighted by atomic mass is 16.6. The number of hydrogen-bond donors (Lipinski definition) is 3. The maximum absolute atomic E-state index is 12.7. The van der Waals surface area contributed by atoms with Gasteiger partial charge in [0.05, 0.1) is 17.7 Å². The zero-order chi connectivity index (χ0) is 30.5. The summed E-state index contributed by atoms with van der Waals surface area (Å²) in [7, 11) is 0. The van der Waals surface area contributed by atoms with Crippen molar-refractivity contribution in [2.24, 2.45) is 39.7 Å². The first-order valence-electron chi connectivity index (χ1n) is 16.0. The molecule has 0 aromatic rings. The number of aliphatic carboxylic acids is 1. The van der Waals surface area contributed by atoms with Gasteiger partial charge in [0, 0.05) is 18.1 Å². The molecule has 0 unspecified atom stereocenters. The molecule has 3 saturated carbocycles.